The van der Waals surface area contributed by atoms with E-state index in [4.69, 9.17) is 5.41 Å². The number of benzene rings is 1. The fraction of sp³-hybridized carbons (Fsp3) is 0.273. The summed E-state index contributed by atoms with van der Waals surface area (Å²) in [6.45, 7) is 1.82. The maximum absolute atomic E-state index is 10.1. The summed E-state index contributed by atoms with van der Waals surface area (Å²) in [7, 11) is 0. The van der Waals surface area contributed by atoms with Crippen LogP contribution in [0.3, 0.4) is 0 Å². The Labute approximate surface area is 105 Å². The summed E-state index contributed by atoms with van der Waals surface area (Å²) in [5.74, 6) is 0. The zero-order valence-corrected chi connectivity index (χ0v) is 10.1. The number of aromatic nitrogens is 2. The van der Waals surface area contributed by atoms with Gasteiger partial charge in [-0.05, 0) is 5.56 Å². The molecule has 2 rings (SSSR count). The van der Waals surface area contributed by atoms with Crippen molar-refractivity contribution >= 4 is 12.4 Å². The maximum atomic E-state index is 10.1. The molecule has 0 aliphatic carbocycles. The van der Waals surface area contributed by atoms with Crippen molar-refractivity contribution in [2.24, 2.45) is 0 Å². The van der Waals surface area contributed by atoms with E-state index in [0.29, 0.717) is 0 Å². The zero-order valence-electron chi connectivity index (χ0n) is 9.28. The number of halogens is 1. The molecule has 1 heterocycles. The minimum absolute atomic E-state index is 0. The van der Waals surface area contributed by atoms with Crippen LogP contribution in [0.2, 0.25) is 0 Å². The third-order valence-electron chi connectivity index (χ3n) is 2.50. The van der Waals surface area contributed by atoms with Crippen LogP contribution < -0.4 is 15.5 Å². The molecule has 0 aliphatic heterocycles. The van der Waals surface area contributed by atoms with E-state index in [1.165, 1.54) is 10.9 Å². The normalized spacial score (nSPS) is 13.8. The molecule has 0 aliphatic rings. The van der Waals surface area contributed by atoms with Gasteiger partial charge >= 0.3 is 0 Å². The summed E-state index contributed by atoms with van der Waals surface area (Å²) in [5, 5.41) is 21.0. The van der Waals surface area contributed by atoms with Gasteiger partial charge in [-0.2, -0.15) is 0 Å². The molecule has 0 bridgehead atoms. The van der Waals surface area contributed by atoms with Crippen LogP contribution in [0.15, 0.2) is 41.1 Å². The molecule has 2 N–H and O–H groups in total. The van der Waals surface area contributed by atoms with Gasteiger partial charge < -0.3 is 9.63 Å². The summed E-state index contributed by atoms with van der Waals surface area (Å²) in [6, 6.07) is 9.06. The fourth-order valence-corrected chi connectivity index (χ4v) is 1.52. The number of aliphatic hydroxyl groups is 1. The summed E-state index contributed by atoms with van der Waals surface area (Å²) in [6.07, 6.45) is 0.771. The first kappa shape index (κ1) is 13.5. The van der Waals surface area contributed by atoms with E-state index >= 15 is 0 Å². The molecule has 0 fully saturated rings. The minimum atomic E-state index is -0.671. The van der Waals surface area contributed by atoms with Crippen molar-refractivity contribution in [2.75, 3.05) is 0 Å². The Bertz CT molecular complexity index is 509. The highest BCUT2D eigenvalue weighted by Gasteiger charge is 2.22. The maximum Gasteiger partial charge on any atom is 0.264 e. The Morgan fingerprint density at radius 1 is 1.35 bits per heavy atom. The quantitative estimate of drug-likeness (QED) is 0.794. The first-order valence-corrected chi connectivity index (χ1v) is 5.01. The van der Waals surface area contributed by atoms with Crippen LogP contribution in [-0.2, 0) is 0 Å². The topological polar surface area (TPSA) is 75.2 Å². The molecule has 0 amide bonds. The molecule has 6 heteroatoms. The van der Waals surface area contributed by atoms with E-state index in [-0.39, 0.29) is 24.0 Å². The zero-order chi connectivity index (χ0) is 11.5. The molecule has 1 aromatic heterocycles. The highest BCUT2D eigenvalue weighted by molar-refractivity contribution is 5.85. The number of aliphatic hydroxyl groups excluding tert-OH is 1. The summed E-state index contributed by atoms with van der Waals surface area (Å²) < 4.78 is 6.08. The van der Waals surface area contributed by atoms with Gasteiger partial charge in [-0.1, -0.05) is 30.3 Å². The molecule has 0 saturated heterocycles. The molecule has 2 aromatic rings. The van der Waals surface area contributed by atoms with E-state index in [2.05, 4.69) is 9.79 Å². The predicted octanol–water partition coefficient (Wildman–Crippen LogP) is 0.720. The van der Waals surface area contributed by atoms with Gasteiger partial charge in [0.2, 0.25) is 6.20 Å². The van der Waals surface area contributed by atoms with Crippen LogP contribution in [0.5, 0.6) is 0 Å². The highest BCUT2D eigenvalue weighted by atomic mass is 35.5. The second kappa shape index (κ2) is 5.65. The lowest BCUT2D eigenvalue weighted by Gasteiger charge is -2.15. The number of hydrogen-bond acceptors (Lipinski definition) is 3. The van der Waals surface area contributed by atoms with Crippen molar-refractivity contribution in [2.45, 2.75) is 19.1 Å². The van der Waals surface area contributed by atoms with Crippen molar-refractivity contribution in [1.29, 1.82) is 5.41 Å². The largest absolute Gasteiger partial charge is 0.487 e. The highest BCUT2D eigenvalue weighted by Crippen LogP contribution is 2.20. The second-order valence-electron chi connectivity index (χ2n) is 3.64. The van der Waals surface area contributed by atoms with Crippen LogP contribution in [0.4, 0.5) is 0 Å². The van der Waals surface area contributed by atoms with Crippen LogP contribution >= 0.6 is 12.4 Å². The lowest BCUT2D eigenvalue weighted by molar-refractivity contribution is -0.794. The third-order valence-corrected chi connectivity index (χ3v) is 2.50. The Kier molecular flexibility index (Phi) is 4.48. The molecule has 2 atom stereocenters. The van der Waals surface area contributed by atoms with Gasteiger partial charge in [-0.15, -0.1) is 12.4 Å². The van der Waals surface area contributed by atoms with Gasteiger partial charge in [0.25, 0.3) is 5.55 Å². The van der Waals surface area contributed by atoms with Crippen LogP contribution in [-0.4, -0.2) is 5.11 Å². The Hall–Kier alpha value is -1.59. The molecule has 1 aromatic carbocycles. The van der Waals surface area contributed by atoms with Gasteiger partial charge in [-0.25, -0.2) is 4.68 Å². The standard InChI is InChI=1S/C11H13N3O2.ClH/c1-8(14-7-10(12)16-13-14)11(15)9-5-3-2-4-6-9;/h2-8,11-12,15H,1H3;1H. The van der Waals surface area contributed by atoms with Crippen molar-refractivity contribution in [3.05, 3.63) is 47.6 Å². The number of nitrogens with one attached hydrogen (secondary N) is 1. The second-order valence-corrected chi connectivity index (χ2v) is 3.64. The average Bonchev–Trinajstić information content (AvgIpc) is 2.75. The number of nitrogens with zero attached hydrogens (tertiary/aromatic N) is 2. The van der Waals surface area contributed by atoms with Gasteiger partial charge in [0.05, 0.1) is 0 Å². The smallest absolute Gasteiger partial charge is 0.264 e. The lowest BCUT2D eigenvalue weighted by atomic mass is 10.0. The Morgan fingerprint density at radius 3 is 2.53 bits per heavy atom. The SMILES string of the molecule is CC(C(O)c1ccccc1)[n+]1cc(=N)o[n-]1.Cl. The monoisotopic (exact) mass is 255 g/mol. The fourth-order valence-electron chi connectivity index (χ4n) is 1.52. The Morgan fingerprint density at radius 2 is 2.00 bits per heavy atom. The first-order chi connectivity index (χ1) is 7.68. The molecule has 0 spiro atoms. The predicted molar refractivity (Wildman–Crippen MR) is 61.4 cm³/mol. The summed E-state index contributed by atoms with van der Waals surface area (Å²) in [4.78, 5) is 0. The minimum Gasteiger partial charge on any atom is -0.487 e. The van der Waals surface area contributed by atoms with Gasteiger partial charge in [0.1, 0.15) is 6.10 Å². The van der Waals surface area contributed by atoms with E-state index in [1.807, 2.05) is 37.3 Å². The van der Waals surface area contributed by atoms with Crippen molar-refractivity contribution in [3.63, 3.8) is 0 Å². The number of hydrogen-bond donors (Lipinski definition) is 2. The molecular formula is C11H14ClN3O2. The first-order valence-electron chi connectivity index (χ1n) is 5.01. The van der Waals surface area contributed by atoms with Crippen molar-refractivity contribution in [3.8, 4) is 0 Å². The molecule has 17 heavy (non-hydrogen) atoms. The van der Waals surface area contributed by atoms with Crippen molar-refractivity contribution < 1.29 is 14.3 Å². The third kappa shape index (κ3) is 2.95. The number of rotatable bonds is 3. The van der Waals surface area contributed by atoms with Crippen LogP contribution in [0.1, 0.15) is 24.6 Å². The molecule has 0 saturated carbocycles. The molecule has 2 unspecified atom stereocenters. The van der Waals surface area contributed by atoms with E-state index in [9.17, 15) is 5.11 Å². The van der Waals surface area contributed by atoms with Crippen LogP contribution in [0.25, 0.3) is 0 Å². The summed E-state index contributed by atoms with van der Waals surface area (Å²) in [5.41, 5.74) is 0.796. The molecular weight excluding hydrogens is 242 g/mol. The van der Waals surface area contributed by atoms with Crippen LogP contribution in [0, 0.1) is 5.41 Å². The van der Waals surface area contributed by atoms with Gasteiger partial charge in [-0.3, -0.25) is 10.7 Å². The Balaban J connectivity index is 0.00000144. The van der Waals surface area contributed by atoms with Gasteiger partial charge in [0.15, 0.2) is 6.04 Å². The van der Waals surface area contributed by atoms with Gasteiger partial charge in [0, 0.05) is 6.92 Å². The average molecular weight is 256 g/mol. The molecule has 92 valence electrons. The molecule has 0 radical (unpaired) electrons. The van der Waals surface area contributed by atoms with Crippen molar-refractivity contribution in [1.82, 2.24) is 5.27 Å². The van der Waals surface area contributed by atoms with E-state index in [0.717, 1.165) is 5.56 Å². The summed E-state index contributed by atoms with van der Waals surface area (Å²) >= 11 is 0. The van der Waals surface area contributed by atoms with E-state index in [1.54, 1.807) is 0 Å². The molecule has 5 nitrogen and oxygen atoms in total. The lowest BCUT2D eigenvalue weighted by Crippen LogP contribution is -2.44. The van der Waals surface area contributed by atoms with E-state index < -0.39 is 6.10 Å².